The first kappa shape index (κ1) is 13.9. The van der Waals surface area contributed by atoms with Crippen LogP contribution < -0.4 is 11.3 Å². The van der Waals surface area contributed by atoms with E-state index in [9.17, 15) is 15.2 Å². The fraction of sp³-hybridized carbons (Fsp3) is 0. The summed E-state index contributed by atoms with van der Waals surface area (Å²) in [5, 5.41) is 27.9. The van der Waals surface area contributed by atoms with Crippen LogP contribution in [0.25, 0.3) is 11.1 Å². The summed E-state index contributed by atoms with van der Waals surface area (Å²) in [6, 6.07) is 8.13. The Hall–Kier alpha value is -2.52. The number of aromatic nitrogens is 1. The van der Waals surface area contributed by atoms with Gasteiger partial charge in [0.25, 0.3) is 5.56 Å². The predicted octanol–water partition coefficient (Wildman–Crippen LogP) is 1.68. The molecule has 0 bridgehead atoms. The number of benzene rings is 1. The average Bonchev–Trinajstić information content (AvgIpc) is 2.41. The fourth-order valence-corrected chi connectivity index (χ4v) is 2.42. The third-order valence-corrected chi connectivity index (χ3v) is 3.63. The lowest BCUT2D eigenvalue weighted by atomic mass is 9.96. The topological polar surface area (TPSA) is 127 Å². The van der Waals surface area contributed by atoms with Gasteiger partial charge in [-0.25, -0.2) is 0 Å². The van der Waals surface area contributed by atoms with E-state index >= 15 is 0 Å². The molecule has 98 valence electrons. The maximum absolute atomic E-state index is 11.8. The number of phenolic OH excluding ortho intramolecular Hbond substituents is 1. The zero-order valence-electron chi connectivity index (χ0n) is 9.94. The summed E-state index contributed by atoms with van der Waals surface area (Å²) in [6.45, 7) is 0. The third kappa shape index (κ3) is 2.19. The summed E-state index contributed by atoms with van der Waals surface area (Å²) in [6.07, 6.45) is 0. The van der Waals surface area contributed by atoms with Gasteiger partial charge in [-0.3, -0.25) is 4.79 Å². The largest absolute Gasteiger partial charge is 0.508 e. The van der Waals surface area contributed by atoms with Crippen LogP contribution in [0, 0.1) is 26.2 Å². The monoisotopic (exact) mass is 378 g/mol. The number of nitrogens with one attached hydrogen (secondary N) is 1. The van der Waals surface area contributed by atoms with E-state index in [0.29, 0.717) is 9.13 Å². The summed E-state index contributed by atoms with van der Waals surface area (Å²) in [4.78, 5) is 14.1. The van der Waals surface area contributed by atoms with Crippen molar-refractivity contribution >= 4 is 28.4 Å². The Morgan fingerprint density at radius 1 is 1.25 bits per heavy atom. The SMILES string of the molecule is N#Cc1c(N)[nH]c(=O)c(C#N)c1-c1cc(O)ccc1I. The first-order valence-corrected chi connectivity index (χ1v) is 6.42. The minimum absolute atomic E-state index is 0.00432. The molecule has 0 unspecified atom stereocenters. The maximum Gasteiger partial charge on any atom is 0.268 e. The molecule has 0 aliphatic rings. The Bertz CT molecular complexity index is 843. The number of H-pyrrole nitrogens is 1. The van der Waals surface area contributed by atoms with Crippen molar-refractivity contribution in [3.63, 3.8) is 0 Å². The zero-order chi connectivity index (χ0) is 14.9. The number of aromatic amines is 1. The molecule has 0 aliphatic heterocycles. The van der Waals surface area contributed by atoms with Crippen molar-refractivity contribution in [3.05, 3.63) is 43.2 Å². The van der Waals surface area contributed by atoms with Gasteiger partial charge in [0.1, 0.15) is 34.8 Å². The molecule has 0 fully saturated rings. The molecule has 1 aromatic carbocycles. The zero-order valence-corrected chi connectivity index (χ0v) is 12.1. The number of hydrogen-bond acceptors (Lipinski definition) is 5. The molecule has 0 spiro atoms. The minimum Gasteiger partial charge on any atom is -0.508 e. The van der Waals surface area contributed by atoms with Crippen LogP contribution in [0.5, 0.6) is 5.75 Å². The molecule has 0 atom stereocenters. The van der Waals surface area contributed by atoms with Gasteiger partial charge in [-0.2, -0.15) is 10.5 Å². The second-order valence-electron chi connectivity index (χ2n) is 3.88. The smallest absolute Gasteiger partial charge is 0.268 e. The van der Waals surface area contributed by atoms with E-state index in [0.717, 1.165) is 0 Å². The number of aromatic hydroxyl groups is 1. The molecule has 1 heterocycles. The van der Waals surface area contributed by atoms with E-state index in [1.165, 1.54) is 12.1 Å². The summed E-state index contributed by atoms with van der Waals surface area (Å²) in [7, 11) is 0. The Labute approximate surface area is 127 Å². The molecule has 4 N–H and O–H groups in total. The van der Waals surface area contributed by atoms with Crippen LogP contribution in [-0.4, -0.2) is 10.1 Å². The van der Waals surface area contributed by atoms with Crippen LogP contribution in [0.3, 0.4) is 0 Å². The van der Waals surface area contributed by atoms with Crippen molar-refractivity contribution < 1.29 is 5.11 Å². The standard InChI is InChI=1S/C13H7IN4O2/c14-10-2-1-6(19)3-7(10)11-8(4-15)12(17)18-13(20)9(11)5-16/h1-3,19H,(H3,17,18,20). The highest BCUT2D eigenvalue weighted by Gasteiger charge is 2.20. The van der Waals surface area contributed by atoms with Crippen molar-refractivity contribution in [2.75, 3.05) is 5.73 Å². The maximum atomic E-state index is 11.8. The van der Waals surface area contributed by atoms with Crippen molar-refractivity contribution in [1.29, 1.82) is 10.5 Å². The fourth-order valence-electron chi connectivity index (χ4n) is 1.82. The highest BCUT2D eigenvalue weighted by atomic mass is 127. The van der Waals surface area contributed by atoms with Crippen molar-refractivity contribution in [2.45, 2.75) is 0 Å². The number of nitrogens with two attached hydrogens (primary N) is 1. The van der Waals surface area contributed by atoms with Gasteiger partial charge in [-0.1, -0.05) is 0 Å². The molecule has 0 amide bonds. The van der Waals surface area contributed by atoms with Gasteiger partial charge in [0.15, 0.2) is 0 Å². The molecule has 0 radical (unpaired) electrons. The van der Waals surface area contributed by atoms with Crippen LogP contribution in [-0.2, 0) is 0 Å². The number of pyridine rings is 1. The van der Waals surface area contributed by atoms with Crippen molar-refractivity contribution in [2.24, 2.45) is 0 Å². The first-order valence-electron chi connectivity index (χ1n) is 5.34. The average molecular weight is 378 g/mol. The summed E-state index contributed by atoms with van der Waals surface area (Å²) in [5.74, 6) is -0.141. The second-order valence-corrected chi connectivity index (χ2v) is 5.04. The number of phenols is 1. The molecular formula is C13H7IN4O2. The Morgan fingerprint density at radius 3 is 2.50 bits per heavy atom. The summed E-state index contributed by atoms with van der Waals surface area (Å²) in [5.41, 5.74) is 5.31. The number of nitriles is 2. The van der Waals surface area contributed by atoms with E-state index < -0.39 is 5.56 Å². The van der Waals surface area contributed by atoms with Gasteiger partial charge < -0.3 is 15.8 Å². The van der Waals surface area contributed by atoms with E-state index in [1.807, 2.05) is 28.7 Å². The van der Waals surface area contributed by atoms with E-state index in [-0.39, 0.29) is 28.3 Å². The van der Waals surface area contributed by atoms with Crippen molar-refractivity contribution in [1.82, 2.24) is 4.98 Å². The van der Waals surface area contributed by atoms with E-state index in [1.54, 1.807) is 12.1 Å². The van der Waals surface area contributed by atoms with Gasteiger partial charge in [-0.05, 0) is 40.8 Å². The number of halogens is 1. The first-order chi connectivity index (χ1) is 9.49. The lowest BCUT2D eigenvalue weighted by molar-refractivity contribution is 0.475. The Kier molecular flexibility index (Phi) is 3.63. The summed E-state index contributed by atoms with van der Waals surface area (Å²) >= 11 is 1.99. The Morgan fingerprint density at radius 2 is 1.90 bits per heavy atom. The number of hydrogen-bond donors (Lipinski definition) is 3. The number of rotatable bonds is 1. The van der Waals surface area contributed by atoms with Crippen molar-refractivity contribution in [3.8, 4) is 29.0 Å². The van der Waals surface area contributed by atoms with Gasteiger partial charge in [0.2, 0.25) is 0 Å². The minimum atomic E-state index is -0.668. The number of anilines is 1. The lowest BCUT2D eigenvalue weighted by Crippen LogP contribution is -2.16. The van der Waals surface area contributed by atoms with Crippen LogP contribution in [0.15, 0.2) is 23.0 Å². The van der Waals surface area contributed by atoms with Crippen LogP contribution >= 0.6 is 22.6 Å². The predicted molar refractivity (Wildman–Crippen MR) is 80.7 cm³/mol. The molecule has 6 nitrogen and oxygen atoms in total. The van der Waals surface area contributed by atoms with Gasteiger partial charge in [0.05, 0.1) is 0 Å². The molecule has 7 heteroatoms. The lowest BCUT2D eigenvalue weighted by Gasteiger charge is -2.10. The van der Waals surface area contributed by atoms with Crippen LogP contribution in [0.4, 0.5) is 5.82 Å². The molecule has 0 aliphatic carbocycles. The third-order valence-electron chi connectivity index (χ3n) is 2.69. The second kappa shape index (κ2) is 5.23. The Balaban J connectivity index is 3.00. The molecule has 1 aromatic heterocycles. The quantitative estimate of drug-likeness (QED) is 0.651. The number of nitrogens with zero attached hydrogens (tertiary/aromatic N) is 2. The summed E-state index contributed by atoms with van der Waals surface area (Å²) < 4.78 is 0.679. The molecule has 2 aromatic rings. The molecule has 20 heavy (non-hydrogen) atoms. The number of nitrogen functional groups attached to an aromatic ring is 1. The van der Waals surface area contributed by atoms with E-state index in [4.69, 9.17) is 11.0 Å². The van der Waals surface area contributed by atoms with Gasteiger partial charge in [-0.15, -0.1) is 0 Å². The highest BCUT2D eigenvalue weighted by Crippen LogP contribution is 2.33. The van der Waals surface area contributed by atoms with Gasteiger partial charge in [0, 0.05) is 14.7 Å². The highest BCUT2D eigenvalue weighted by molar-refractivity contribution is 14.1. The molecular weight excluding hydrogens is 371 g/mol. The molecule has 0 saturated heterocycles. The molecule has 0 saturated carbocycles. The van der Waals surface area contributed by atoms with Gasteiger partial charge >= 0.3 is 0 Å². The molecule has 2 rings (SSSR count). The van der Waals surface area contributed by atoms with Crippen LogP contribution in [0.2, 0.25) is 0 Å². The van der Waals surface area contributed by atoms with E-state index in [2.05, 4.69) is 4.98 Å². The normalized spacial score (nSPS) is 9.75. The van der Waals surface area contributed by atoms with Crippen LogP contribution in [0.1, 0.15) is 11.1 Å².